The number of carbonyl (C=O) groups is 5. The van der Waals surface area contributed by atoms with Crippen molar-refractivity contribution >= 4 is 29.5 Å². The molecule has 3 fully saturated rings. The molecule has 1 N–H and O–H groups in total. The molecule has 3 aromatic carbocycles. The molecule has 1 unspecified atom stereocenters. The normalized spacial score (nSPS) is 23.9. The molecule has 9 nitrogen and oxygen atoms in total. The van der Waals surface area contributed by atoms with E-state index >= 15 is 0 Å². The second-order valence-corrected chi connectivity index (χ2v) is 11.1. The molecule has 2 bridgehead atoms. The maximum absolute atomic E-state index is 13.7. The number of hydrogen-bond acceptors (Lipinski definition) is 6. The summed E-state index contributed by atoms with van der Waals surface area (Å²) < 4.78 is 0. The third-order valence-electron chi connectivity index (χ3n) is 8.79. The Morgan fingerprint density at radius 1 is 0.780 bits per heavy atom. The van der Waals surface area contributed by atoms with Crippen molar-refractivity contribution in [1.82, 2.24) is 20.0 Å². The summed E-state index contributed by atoms with van der Waals surface area (Å²) in [6.45, 7) is 1.31. The van der Waals surface area contributed by atoms with Crippen molar-refractivity contribution in [3.05, 3.63) is 107 Å². The van der Waals surface area contributed by atoms with Crippen LogP contribution in [0.3, 0.4) is 0 Å². The molecule has 3 aromatic rings. The van der Waals surface area contributed by atoms with Crippen LogP contribution in [0.25, 0.3) is 0 Å². The molecule has 0 aliphatic carbocycles. The van der Waals surface area contributed by atoms with Gasteiger partial charge in [0.25, 0.3) is 17.7 Å². The summed E-state index contributed by atoms with van der Waals surface area (Å²) in [6.07, 6.45) is 1.01. The van der Waals surface area contributed by atoms with Gasteiger partial charge >= 0.3 is 0 Å². The predicted octanol–water partition coefficient (Wildman–Crippen LogP) is 2.78. The molecule has 0 aromatic heterocycles. The van der Waals surface area contributed by atoms with E-state index in [2.05, 4.69) is 58.7 Å². The lowest BCUT2D eigenvalue weighted by Crippen LogP contribution is -2.54. The van der Waals surface area contributed by atoms with Gasteiger partial charge in [-0.2, -0.15) is 0 Å². The van der Waals surface area contributed by atoms with Gasteiger partial charge in [-0.25, -0.2) is 0 Å². The number of carbonyl (C=O) groups excluding carboxylic acids is 5. The lowest BCUT2D eigenvalue weighted by Gasteiger charge is -2.39. The molecular weight excluding hydrogens is 520 g/mol. The molecule has 5 amide bonds. The summed E-state index contributed by atoms with van der Waals surface area (Å²) in [5.74, 6) is -2.45. The molecule has 3 atom stereocenters. The van der Waals surface area contributed by atoms with Crippen LogP contribution in [-0.2, 0) is 9.59 Å². The van der Waals surface area contributed by atoms with E-state index in [9.17, 15) is 24.0 Å². The molecule has 0 spiro atoms. The van der Waals surface area contributed by atoms with Crippen molar-refractivity contribution in [2.45, 2.75) is 43.4 Å². The Bertz CT molecular complexity index is 1550. The van der Waals surface area contributed by atoms with Gasteiger partial charge in [0.1, 0.15) is 6.04 Å². The highest BCUT2D eigenvalue weighted by molar-refractivity contribution is 6.24. The maximum atomic E-state index is 13.7. The average Bonchev–Trinajstić information content (AvgIpc) is 3.66. The number of benzene rings is 3. The van der Waals surface area contributed by atoms with E-state index in [0.717, 1.165) is 17.9 Å². The Labute approximate surface area is 236 Å². The van der Waals surface area contributed by atoms with Crippen molar-refractivity contribution in [3.63, 3.8) is 0 Å². The van der Waals surface area contributed by atoms with Crippen molar-refractivity contribution in [2.75, 3.05) is 13.1 Å². The van der Waals surface area contributed by atoms with Crippen molar-refractivity contribution < 1.29 is 24.0 Å². The van der Waals surface area contributed by atoms with Crippen LogP contribution in [0.15, 0.2) is 78.9 Å². The Morgan fingerprint density at radius 3 is 2.05 bits per heavy atom. The van der Waals surface area contributed by atoms with Gasteiger partial charge in [0.05, 0.1) is 17.2 Å². The number of piperazine rings is 1. The van der Waals surface area contributed by atoms with Crippen LogP contribution in [0.4, 0.5) is 0 Å². The van der Waals surface area contributed by atoms with E-state index in [1.165, 1.54) is 23.3 Å². The lowest BCUT2D eigenvalue weighted by atomic mass is 9.96. The second-order valence-electron chi connectivity index (χ2n) is 11.1. The highest BCUT2D eigenvalue weighted by Gasteiger charge is 2.49. The first kappa shape index (κ1) is 25.3. The molecule has 3 saturated heterocycles. The summed E-state index contributed by atoms with van der Waals surface area (Å²) in [5, 5.41) is 2.20. The van der Waals surface area contributed by atoms with Gasteiger partial charge in [-0.15, -0.1) is 0 Å². The molecule has 4 heterocycles. The average molecular weight is 549 g/mol. The van der Waals surface area contributed by atoms with Crippen molar-refractivity contribution in [1.29, 1.82) is 0 Å². The SMILES string of the molecule is O=C1CCC(N2C(=O)c3ccc(C(=O)N4C[C@@H]5C[C@H]4CN5C(c4ccccc4)c4ccccc4)cc3C2=O)C(=O)N1. The predicted molar refractivity (Wildman–Crippen MR) is 148 cm³/mol. The number of nitrogens with zero attached hydrogens (tertiary/aromatic N) is 3. The number of fused-ring (bicyclic) bond motifs is 3. The van der Waals surface area contributed by atoms with Crippen molar-refractivity contribution in [3.8, 4) is 0 Å². The second kappa shape index (κ2) is 9.78. The van der Waals surface area contributed by atoms with E-state index < -0.39 is 29.7 Å². The number of nitrogens with one attached hydrogen (secondary N) is 1. The molecule has 7 rings (SSSR count). The zero-order valence-corrected chi connectivity index (χ0v) is 22.2. The first-order valence-electron chi connectivity index (χ1n) is 13.9. The fraction of sp³-hybridized carbons (Fsp3) is 0.281. The highest BCUT2D eigenvalue weighted by Crippen LogP contribution is 2.40. The van der Waals surface area contributed by atoms with E-state index in [0.29, 0.717) is 12.1 Å². The molecular formula is C32H28N4O5. The first-order chi connectivity index (χ1) is 19.9. The minimum atomic E-state index is -1.04. The van der Waals surface area contributed by atoms with Gasteiger partial charge in [-0.3, -0.25) is 39.1 Å². The number of piperidine rings is 1. The van der Waals surface area contributed by atoms with Crippen LogP contribution in [0.1, 0.15) is 67.5 Å². The Morgan fingerprint density at radius 2 is 1.44 bits per heavy atom. The van der Waals surface area contributed by atoms with Crippen molar-refractivity contribution in [2.24, 2.45) is 0 Å². The van der Waals surface area contributed by atoms with Crippen LogP contribution in [0.5, 0.6) is 0 Å². The van der Waals surface area contributed by atoms with Crippen LogP contribution in [0, 0.1) is 0 Å². The van der Waals surface area contributed by atoms with Crippen LogP contribution >= 0.6 is 0 Å². The van der Waals surface area contributed by atoms with Gasteiger partial charge in [-0.05, 0) is 42.2 Å². The molecule has 0 saturated carbocycles. The zero-order chi connectivity index (χ0) is 28.2. The first-order valence-corrected chi connectivity index (χ1v) is 13.9. The quantitative estimate of drug-likeness (QED) is 0.492. The number of rotatable bonds is 5. The smallest absolute Gasteiger partial charge is 0.262 e. The fourth-order valence-corrected chi connectivity index (χ4v) is 6.88. The van der Waals surface area contributed by atoms with Crippen LogP contribution in [0.2, 0.25) is 0 Å². The number of imide groups is 2. The van der Waals surface area contributed by atoms with Gasteiger partial charge in [0.2, 0.25) is 11.8 Å². The van der Waals surface area contributed by atoms with Gasteiger partial charge in [-0.1, -0.05) is 60.7 Å². The summed E-state index contributed by atoms with van der Waals surface area (Å²) >= 11 is 0. The number of likely N-dealkylation sites (tertiary alicyclic amines) is 2. The van der Waals surface area contributed by atoms with E-state index in [1.54, 1.807) is 6.07 Å². The lowest BCUT2D eigenvalue weighted by molar-refractivity contribution is -0.136. The van der Waals surface area contributed by atoms with Crippen LogP contribution in [-0.4, -0.2) is 75.5 Å². The zero-order valence-electron chi connectivity index (χ0n) is 22.2. The maximum Gasteiger partial charge on any atom is 0.262 e. The minimum Gasteiger partial charge on any atom is -0.333 e. The van der Waals surface area contributed by atoms with Gasteiger partial charge < -0.3 is 4.90 Å². The topological polar surface area (TPSA) is 107 Å². The van der Waals surface area contributed by atoms with Gasteiger partial charge in [0.15, 0.2) is 0 Å². The molecule has 9 heteroatoms. The molecule has 206 valence electrons. The monoisotopic (exact) mass is 548 g/mol. The largest absolute Gasteiger partial charge is 0.333 e. The Kier molecular flexibility index (Phi) is 6.04. The molecule has 4 aliphatic heterocycles. The molecule has 4 aliphatic rings. The fourth-order valence-electron chi connectivity index (χ4n) is 6.88. The summed E-state index contributed by atoms with van der Waals surface area (Å²) in [6, 6.07) is 24.7. The third kappa shape index (κ3) is 4.15. The Hall–Kier alpha value is -4.63. The Balaban J connectivity index is 1.10. The summed E-state index contributed by atoms with van der Waals surface area (Å²) in [5.41, 5.74) is 3.05. The van der Waals surface area contributed by atoms with Crippen LogP contribution < -0.4 is 5.32 Å². The number of hydrogen-bond donors (Lipinski definition) is 1. The van der Waals surface area contributed by atoms with E-state index in [1.807, 2.05) is 17.0 Å². The summed E-state index contributed by atoms with van der Waals surface area (Å²) in [7, 11) is 0. The number of amides is 5. The molecule has 41 heavy (non-hydrogen) atoms. The summed E-state index contributed by atoms with van der Waals surface area (Å²) in [4.78, 5) is 69.2. The van der Waals surface area contributed by atoms with E-state index in [4.69, 9.17) is 0 Å². The highest BCUT2D eigenvalue weighted by atomic mass is 16.2. The third-order valence-corrected chi connectivity index (χ3v) is 8.79. The van der Waals surface area contributed by atoms with Gasteiger partial charge in [0, 0.05) is 37.2 Å². The standard InChI is InChI=1S/C32H28N4O5/c37-27-14-13-26(29(38)33-27)36-31(40)24-12-11-21(15-25(24)32(36)41)30(39)35-18-22-16-23(35)17-34(22)28(19-7-3-1-4-8-19)20-9-5-2-6-10-20/h1-12,15,22-23,26,28H,13-14,16-18H2,(H,33,37,38)/t22-,23-,26?/m0/s1. The minimum absolute atomic E-state index is 0.0352. The molecule has 0 radical (unpaired) electrons. The van der Waals surface area contributed by atoms with E-state index in [-0.39, 0.29) is 48.0 Å².